The van der Waals surface area contributed by atoms with E-state index in [1.54, 1.807) is 6.07 Å². The van der Waals surface area contributed by atoms with Crippen molar-refractivity contribution in [2.24, 2.45) is 0 Å². The van der Waals surface area contributed by atoms with Crippen LogP contribution in [0.2, 0.25) is 0 Å². The molecule has 2 heterocycles. The maximum atomic E-state index is 11.5. The van der Waals surface area contributed by atoms with E-state index in [1.165, 1.54) is 7.11 Å². The number of methoxy groups -OCH3 is 1. The van der Waals surface area contributed by atoms with Crippen LogP contribution in [0.5, 0.6) is 0 Å². The summed E-state index contributed by atoms with van der Waals surface area (Å²) in [4.78, 5) is 18.2. The van der Waals surface area contributed by atoms with Crippen LogP contribution in [0.1, 0.15) is 30.0 Å². The smallest absolute Gasteiger partial charge is 0.356 e. The van der Waals surface area contributed by atoms with Crippen LogP contribution >= 0.6 is 0 Å². The summed E-state index contributed by atoms with van der Waals surface area (Å²) in [5.41, 5.74) is 1.28. The molecule has 1 fully saturated rings. The van der Waals surface area contributed by atoms with E-state index in [4.69, 9.17) is 4.74 Å². The van der Waals surface area contributed by atoms with Gasteiger partial charge in [-0.25, -0.2) is 9.78 Å². The van der Waals surface area contributed by atoms with Gasteiger partial charge in [-0.1, -0.05) is 6.07 Å². The summed E-state index contributed by atoms with van der Waals surface area (Å²) in [5.74, 6) is -0.385. The molecule has 0 saturated carbocycles. The number of nitrogens with zero attached hydrogens (tertiary/aromatic N) is 2. The minimum Gasteiger partial charge on any atom is -0.464 e. The molecule has 1 saturated heterocycles. The number of aromatic nitrogens is 1. The number of carbonyl (C=O) groups excluding carboxylic acids is 1. The number of hydrogen-bond acceptors (Lipinski definition) is 5. The SMILES string of the molecule is COC(=O)c1cccc(CN2CC(C)NC(C)C2)n1. The minimum absolute atomic E-state index is 0.372. The van der Waals surface area contributed by atoms with Gasteiger partial charge in [0, 0.05) is 31.7 Å². The molecule has 1 N–H and O–H groups in total. The fourth-order valence-corrected chi connectivity index (χ4v) is 2.58. The third-order valence-electron chi connectivity index (χ3n) is 3.22. The van der Waals surface area contributed by atoms with Crippen molar-refractivity contribution in [3.63, 3.8) is 0 Å². The van der Waals surface area contributed by atoms with E-state index < -0.39 is 0 Å². The third-order valence-corrected chi connectivity index (χ3v) is 3.22. The Kier molecular flexibility index (Phi) is 4.50. The molecule has 2 unspecified atom stereocenters. The second-order valence-corrected chi connectivity index (χ2v) is 5.17. The first kappa shape index (κ1) is 14.0. The van der Waals surface area contributed by atoms with Gasteiger partial charge in [-0.05, 0) is 26.0 Å². The molecule has 1 aromatic rings. The van der Waals surface area contributed by atoms with Crippen LogP contribution in [0.25, 0.3) is 0 Å². The van der Waals surface area contributed by atoms with Crippen molar-refractivity contribution in [3.05, 3.63) is 29.6 Å². The first-order valence-corrected chi connectivity index (χ1v) is 6.61. The predicted octanol–water partition coefficient (Wildman–Crippen LogP) is 1.05. The molecule has 19 heavy (non-hydrogen) atoms. The summed E-state index contributed by atoms with van der Waals surface area (Å²) < 4.78 is 4.69. The zero-order valence-corrected chi connectivity index (χ0v) is 11.7. The van der Waals surface area contributed by atoms with E-state index in [1.807, 2.05) is 12.1 Å². The third kappa shape index (κ3) is 3.75. The lowest BCUT2D eigenvalue weighted by molar-refractivity contribution is 0.0593. The molecule has 2 atom stereocenters. The van der Waals surface area contributed by atoms with Crippen molar-refractivity contribution in [3.8, 4) is 0 Å². The fraction of sp³-hybridized carbons (Fsp3) is 0.571. The van der Waals surface area contributed by atoms with Crippen molar-refractivity contribution in [2.75, 3.05) is 20.2 Å². The van der Waals surface area contributed by atoms with Crippen molar-refractivity contribution in [1.82, 2.24) is 15.2 Å². The zero-order chi connectivity index (χ0) is 13.8. The normalized spacial score (nSPS) is 24.2. The van der Waals surface area contributed by atoms with Crippen LogP contribution in [0.3, 0.4) is 0 Å². The Labute approximate surface area is 114 Å². The highest BCUT2D eigenvalue weighted by Gasteiger charge is 2.21. The van der Waals surface area contributed by atoms with Crippen LogP contribution in [-0.4, -0.2) is 48.1 Å². The number of esters is 1. The average molecular weight is 263 g/mol. The Hall–Kier alpha value is -1.46. The molecule has 1 aromatic heterocycles. The number of carbonyl (C=O) groups is 1. The lowest BCUT2D eigenvalue weighted by atomic mass is 10.1. The molecular weight excluding hydrogens is 242 g/mol. The number of piperazine rings is 1. The summed E-state index contributed by atoms with van der Waals surface area (Å²) in [5, 5.41) is 3.50. The Morgan fingerprint density at radius 2 is 2.11 bits per heavy atom. The maximum absolute atomic E-state index is 11.5. The van der Waals surface area contributed by atoms with E-state index in [9.17, 15) is 4.79 Å². The van der Waals surface area contributed by atoms with Crippen LogP contribution in [0.15, 0.2) is 18.2 Å². The molecule has 0 aliphatic carbocycles. The maximum Gasteiger partial charge on any atom is 0.356 e. The molecule has 0 spiro atoms. The monoisotopic (exact) mass is 263 g/mol. The van der Waals surface area contributed by atoms with Crippen molar-refractivity contribution < 1.29 is 9.53 Å². The minimum atomic E-state index is -0.385. The summed E-state index contributed by atoms with van der Waals surface area (Å²) in [7, 11) is 1.37. The van der Waals surface area contributed by atoms with Gasteiger partial charge in [0.25, 0.3) is 0 Å². The quantitative estimate of drug-likeness (QED) is 0.826. The number of nitrogens with one attached hydrogen (secondary N) is 1. The topological polar surface area (TPSA) is 54.5 Å². The first-order chi connectivity index (χ1) is 9.08. The highest BCUT2D eigenvalue weighted by Crippen LogP contribution is 2.09. The number of hydrogen-bond donors (Lipinski definition) is 1. The largest absolute Gasteiger partial charge is 0.464 e. The van der Waals surface area contributed by atoms with E-state index in [0.717, 1.165) is 25.3 Å². The average Bonchev–Trinajstić information content (AvgIpc) is 2.37. The second kappa shape index (κ2) is 6.12. The van der Waals surface area contributed by atoms with Gasteiger partial charge in [-0.3, -0.25) is 4.90 Å². The van der Waals surface area contributed by atoms with Gasteiger partial charge in [0.15, 0.2) is 0 Å². The van der Waals surface area contributed by atoms with Gasteiger partial charge in [0.1, 0.15) is 5.69 Å². The zero-order valence-electron chi connectivity index (χ0n) is 11.7. The van der Waals surface area contributed by atoms with Crippen LogP contribution in [-0.2, 0) is 11.3 Å². The molecule has 0 amide bonds. The second-order valence-electron chi connectivity index (χ2n) is 5.17. The Balaban J connectivity index is 2.04. The molecular formula is C14H21N3O2. The predicted molar refractivity (Wildman–Crippen MR) is 72.9 cm³/mol. The molecule has 2 rings (SSSR count). The summed E-state index contributed by atoms with van der Waals surface area (Å²) >= 11 is 0. The van der Waals surface area contributed by atoms with Gasteiger partial charge in [0.2, 0.25) is 0 Å². The number of rotatable bonds is 3. The van der Waals surface area contributed by atoms with Crippen LogP contribution in [0, 0.1) is 0 Å². The van der Waals surface area contributed by atoms with E-state index in [0.29, 0.717) is 17.8 Å². The van der Waals surface area contributed by atoms with E-state index >= 15 is 0 Å². The lowest BCUT2D eigenvalue weighted by Crippen LogP contribution is -2.53. The van der Waals surface area contributed by atoms with Gasteiger partial charge < -0.3 is 10.1 Å². The molecule has 5 heteroatoms. The van der Waals surface area contributed by atoms with Gasteiger partial charge >= 0.3 is 5.97 Å². The van der Waals surface area contributed by atoms with Crippen molar-refractivity contribution in [1.29, 1.82) is 0 Å². The molecule has 0 radical (unpaired) electrons. The molecule has 0 aromatic carbocycles. The Bertz CT molecular complexity index is 440. The Morgan fingerprint density at radius 1 is 1.42 bits per heavy atom. The fourth-order valence-electron chi connectivity index (χ4n) is 2.58. The van der Waals surface area contributed by atoms with Crippen molar-refractivity contribution in [2.45, 2.75) is 32.5 Å². The van der Waals surface area contributed by atoms with E-state index in [-0.39, 0.29) is 5.97 Å². The van der Waals surface area contributed by atoms with Crippen LogP contribution < -0.4 is 5.32 Å². The van der Waals surface area contributed by atoms with E-state index in [2.05, 4.69) is 29.0 Å². The first-order valence-electron chi connectivity index (χ1n) is 6.61. The number of ether oxygens (including phenoxy) is 1. The summed E-state index contributed by atoms with van der Waals surface area (Å²) in [6, 6.07) is 6.44. The highest BCUT2D eigenvalue weighted by atomic mass is 16.5. The highest BCUT2D eigenvalue weighted by molar-refractivity contribution is 5.87. The summed E-state index contributed by atoms with van der Waals surface area (Å²) in [6.07, 6.45) is 0. The molecule has 5 nitrogen and oxygen atoms in total. The molecule has 1 aliphatic rings. The molecule has 0 bridgehead atoms. The van der Waals surface area contributed by atoms with Gasteiger partial charge in [-0.15, -0.1) is 0 Å². The Morgan fingerprint density at radius 3 is 2.74 bits per heavy atom. The standard InChI is InChI=1S/C14H21N3O2/c1-10-7-17(8-11(2)15-10)9-12-5-4-6-13(16-12)14(18)19-3/h4-6,10-11,15H,7-9H2,1-3H3. The lowest BCUT2D eigenvalue weighted by Gasteiger charge is -2.35. The molecule has 1 aliphatic heterocycles. The van der Waals surface area contributed by atoms with Gasteiger partial charge in [0.05, 0.1) is 12.8 Å². The number of pyridine rings is 1. The molecule has 104 valence electrons. The van der Waals surface area contributed by atoms with Crippen molar-refractivity contribution >= 4 is 5.97 Å². The van der Waals surface area contributed by atoms with Crippen LogP contribution in [0.4, 0.5) is 0 Å². The van der Waals surface area contributed by atoms with Gasteiger partial charge in [-0.2, -0.15) is 0 Å². The summed E-state index contributed by atoms with van der Waals surface area (Å²) in [6.45, 7) is 7.12.